The molecule has 3 rings (SSSR count). The van der Waals surface area contributed by atoms with Gasteiger partial charge in [-0.25, -0.2) is 9.97 Å². The summed E-state index contributed by atoms with van der Waals surface area (Å²) in [7, 11) is 0. The number of anilines is 1. The van der Waals surface area contributed by atoms with Gasteiger partial charge in [0.05, 0.1) is 19.0 Å². The normalized spacial score (nSPS) is 15.3. The molecule has 0 atom stereocenters. The predicted octanol–water partition coefficient (Wildman–Crippen LogP) is 2.64. The molecule has 5 nitrogen and oxygen atoms in total. The zero-order valence-electron chi connectivity index (χ0n) is 12.4. The summed E-state index contributed by atoms with van der Waals surface area (Å²) in [6, 6.07) is 11.9. The van der Waals surface area contributed by atoms with Crippen molar-refractivity contribution in [1.29, 1.82) is 5.26 Å². The third kappa shape index (κ3) is 3.53. The van der Waals surface area contributed by atoms with Crippen molar-refractivity contribution in [2.24, 2.45) is 5.92 Å². The number of para-hydroxylation sites is 1. The molecule has 0 amide bonds. The molecule has 0 bridgehead atoms. The lowest BCUT2D eigenvalue weighted by atomic mass is 9.98. The van der Waals surface area contributed by atoms with Crippen LogP contribution < -0.4 is 9.64 Å². The molecule has 1 saturated heterocycles. The van der Waals surface area contributed by atoms with Gasteiger partial charge in [-0.2, -0.15) is 5.26 Å². The van der Waals surface area contributed by atoms with Gasteiger partial charge in [0, 0.05) is 13.1 Å². The van der Waals surface area contributed by atoms with Gasteiger partial charge in [0.1, 0.15) is 17.6 Å². The number of nitrogens with zero attached hydrogens (tertiary/aromatic N) is 4. The smallest absolute Gasteiger partial charge is 0.158 e. The molecule has 0 spiro atoms. The maximum Gasteiger partial charge on any atom is 0.158 e. The molecule has 0 radical (unpaired) electrons. The van der Waals surface area contributed by atoms with E-state index >= 15 is 0 Å². The van der Waals surface area contributed by atoms with E-state index in [0.717, 1.165) is 44.1 Å². The standard InChI is InChI=1S/C17H18N4O/c18-10-15-11-20-17(12-19-15)21-8-6-14(7-9-21)13-22-16-4-2-1-3-5-16/h1-5,11-12,14H,6-9,13H2. The Morgan fingerprint density at radius 2 is 1.91 bits per heavy atom. The van der Waals surface area contributed by atoms with E-state index in [1.54, 1.807) is 6.20 Å². The van der Waals surface area contributed by atoms with Gasteiger partial charge >= 0.3 is 0 Å². The molecular weight excluding hydrogens is 276 g/mol. The summed E-state index contributed by atoms with van der Waals surface area (Å²) in [5.41, 5.74) is 0.356. The molecule has 112 valence electrons. The first kappa shape index (κ1) is 14.3. The van der Waals surface area contributed by atoms with E-state index in [-0.39, 0.29) is 0 Å². The summed E-state index contributed by atoms with van der Waals surface area (Å²) in [6.07, 6.45) is 5.36. The van der Waals surface area contributed by atoms with E-state index < -0.39 is 0 Å². The quantitative estimate of drug-likeness (QED) is 0.867. The molecule has 1 aliphatic heterocycles. The van der Waals surface area contributed by atoms with Crippen LogP contribution >= 0.6 is 0 Å². The van der Waals surface area contributed by atoms with Crippen LogP contribution in [0.5, 0.6) is 5.75 Å². The van der Waals surface area contributed by atoms with Crippen molar-refractivity contribution < 1.29 is 4.74 Å². The SMILES string of the molecule is N#Cc1cnc(N2CCC(COc3ccccc3)CC2)cn1. The summed E-state index contributed by atoms with van der Waals surface area (Å²) in [5, 5.41) is 8.75. The number of nitriles is 1. The zero-order chi connectivity index (χ0) is 15.2. The van der Waals surface area contributed by atoms with E-state index in [9.17, 15) is 0 Å². The Morgan fingerprint density at radius 3 is 2.55 bits per heavy atom. The lowest BCUT2D eigenvalue weighted by molar-refractivity contribution is 0.222. The highest BCUT2D eigenvalue weighted by Crippen LogP contribution is 2.22. The van der Waals surface area contributed by atoms with Crippen molar-refractivity contribution in [3.8, 4) is 11.8 Å². The van der Waals surface area contributed by atoms with Gasteiger partial charge in [-0.15, -0.1) is 0 Å². The summed E-state index contributed by atoms with van der Waals surface area (Å²) in [4.78, 5) is 10.6. The van der Waals surface area contributed by atoms with Crippen molar-refractivity contribution in [2.45, 2.75) is 12.8 Å². The minimum absolute atomic E-state index is 0.356. The van der Waals surface area contributed by atoms with Crippen molar-refractivity contribution in [2.75, 3.05) is 24.6 Å². The molecule has 1 aliphatic rings. The van der Waals surface area contributed by atoms with Gasteiger partial charge in [0.15, 0.2) is 5.69 Å². The van der Waals surface area contributed by atoms with Crippen molar-refractivity contribution >= 4 is 5.82 Å². The number of hydrogen-bond donors (Lipinski definition) is 0. The molecule has 0 unspecified atom stereocenters. The molecule has 1 fully saturated rings. The highest BCUT2D eigenvalue weighted by Gasteiger charge is 2.20. The average molecular weight is 294 g/mol. The van der Waals surface area contributed by atoms with E-state index in [2.05, 4.69) is 14.9 Å². The van der Waals surface area contributed by atoms with Gasteiger partial charge < -0.3 is 9.64 Å². The lowest BCUT2D eigenvalue weighted by Crippen LogP contribution is -2.36. The number of rotatable bonds is 4. The summed E-state index contributed by atoms with van der Waals surface area (Å²) < 4.78 is 5.83. The molecule has 2 heterocycles. The summed E-state index contributed by atoms with van der Waals surface area (Å²) in [5.74, 6) is 2.35. The van der Waals surface area contributed by atoms with Crippen LogP contribution in [0, 0.1) is 17.2 Å². The Bertz CT molecular complexity index is 628. The fourth-order valence-corrected chi connectivity index (χ4v) is 2.60. The second-order valence-corrected chi connectivity index (χ2v) is 5.43. The van der Waals surface area contributed by atoms with E-state index in [4.69, 9.17) is 10.00 Å². The van der Waals surface area contributed by atoms with E-state index in [1.807, 2.05) is 36.4 Å². The molecular formula is C17H18N4O. The number of aromatic nitrogens is 2. The Balaban J connectivity index is 1.48. The molecule has 0 saturated carbocycles. The highest BCUT2D eigenvalue weighted by atomic mass is 16.5. The first-order valence-electron chi connectivity index (χ1n) is 7.50. The van der Waals surface area contributed by atoms with Gasteiger partial charge in [-0.05, 0) is 30.9 Å². The van der Waals surface area contributed by atoms with Crippen LogP contribution in [0.15, 0.2) is 42.7 Å². The van der Waals surface area contributed by atoms with Crippen molar-refractivity contribution in [3.63, 3.8) is 0 Å². The summed E-state index contributed by atoms with van der Waals surface area (Å²) in [6.45, 7) is 2.66. The first-order valence-corrected chi connectivity index (χ1v) is 7.50. The Kier molecular flexibility index (Phi) is 4.50. The Hall–Kier alpha value is -2.61. The van der Waals surface area contributed by atoms with Gasteiger partial charge in [-0.1, -0.05) is 18.2 Å². The number of benzene rings is 1. The van der Waals surface area contributed by atoms with Crippen LogP contribution in [-0.2, 0) is 0 Å². The molecule has 22 heavy (non-hydrogen) atoms. The molecule has 0 N–H and O–H groups in total. The molecule has 1 aromatic heterocycles. The largest absolute Gasteiger partial charge is 0.493 e. The van der Waals surface area contributed by atoms with E-state index in [0.29, 0.717) is 11.6 Å². The molecule has 0 aliphatic carbocycles. The number of ether oxygens (including phenoxy) is 1. The maximum absolute atomic E-state index is 8.75. The fraction of sp³-hybridized carbons (Fsp3) is 0.353. The summed E-state index contributed by atoms with van der Waals surface area (Å²) >= 11 is 0. The minimum Gasteiger partial charge on any atom is -0.493 e. The van der Waals surface area contributed by atoms with E-state index in [1.165, 1.54) is 6.20 Å². The van der Waals surface area contributed by atoms with Crippen LogP contribution in [-0.4, -0.2) is 29.7 Å². The maximum atomic E-state index is 8.75. The molecule has 1 aromatic carbocycles. The van der Waals surface area contributed by atoms with Crippen LogP contribution in [0.3, 0.4) is 0 Å². The zero-order valence-corrected chi connectivity index (χ0v) is 12.4. The second kappa shape index (κ2) is 6.90. The third-order valence-corrected chi connectivity index (χ3v) is 3.92. The first-order chi connectivity index (χ1) is 10.8. The fourth-order valence-electron chi connectivity index (χ4n) is 2.60. The minimum atomic E-state index is 0.356. The average Bonchev–Trinajstić information content (AvgIpc) is 2.61. The Labute approximate surface area is 130 Å². The van der Waals surface area contributed by atoms with Gasteiger partial charge in [0.2, 0.25) is 0 Å². The monoisotopic (exact) mass is 294 g/mol. The van der Waals surface area contributed by atoms with Crippen LogP contribution in [0.4, 0.5) is 5.82 Å². The predicted molar refractivity (Wildman–Crippen MR) is 83.6 cm³/mol. The molecule has 5 heteroatoms. The topological polar surface area (TPSA) is 62.0 Å². The second-order valence-electron chi connectivity index (χ2n) is 5.43. The highest BCUT2D eigenvalue weighted by molar-refractivity contribution is 5.37. The molecule has 2 aromatic rings. The number of piperidine rings is 1. The Morgan fingerprint density at radius 1 is 1.14 bits per heavy atom. The lowest BCUT2D eigenvalue weighted by Gasteiger charge is -2.32. The van der Waals surface area contributed by atoms with Crippen LogP contribution in [0.2, 0.25) is 0 Å². The number of hydrogen-bond acceptors (Lipinski definition) is 5. The van der Waals surface area contributed by atoms with Gasteiger partial charge in [-0.3, -0.25) is 0 Å². The van der Waals surface area contributed by atoms with Gasteiger partial charge in [0.25, 0.3) is 0 Å². The van der Waals surface area contributed by atoms with Crippen LogP contribution in [0.1, 0.15) is 18.5 Å². The van der Waals surface area contributed by atoms with Crippen molar-refractivity contribution in [1.82, 2.24) is 9.97 Å². The third-order valence-electron chi connectivity index (χ3n) is 3.92. The van der Waals surface area contributed by atoms with Crippen molar-refractivity contribution in [3.05, 3.63) is 48.4 Å². The van der Waals surface area contributed by atoms with Crippen LogP contribution in [0.25, 0.3) is 0 Å².